The second-order valence-electron chi connectivity index (χ2n) is 4.11. The van der Waals surface area contributed by atoms with Crippen LogP contribution in [0.5, 0.6) is 0 Å². The van der Waals surface area contributed by atoms with E-state index < -0.39 is 28.5 Å². The van der Waals surface area contributed by atoms with Gasteiger partial charge in [-0.3, -0.25) is 0 Å². The van der Waals surface area contributed by atoms with E-state index in [0.29, 0.717) is 0 Å². The first-order valence-corrected chi connectivity index (χ1v) is 20.4. The number of hydrogen-bond donors (Lipinski definition) is 0. The van der Waals surface area contributed by atoms with Crippen LogP contribution in [-0.2, 0) is 26.0 Å². The molecule has 0 unspecified atom stereocenters. The van der Waals surface area contributed by atoms with Crippen LogP contribution in [0, 0.1) is 0 Å². The molecule has 0 aromatic heterocycles. The molecule has 8 heteroatoms. The van der Waals surface area contributed by atoms with Gasteiger partial charge in [-0.1, -0.05) is 0 Å². The monoisotopic (exact) mass is 421 g/mol. The minimum absolute atomic E-state index is 0.0482. The molecule has 0 amide bonds. The molecule has 1 aliphatic carbocycles. The Balaban J connectivity index is 3.47. The molecule has 0 bridgehead atoms. The van der Waals surface area contributed by atoms with Gasteiger partial charge in [-0.2, -0.15) is 0 Å². The maximum absolute atomic E-state index is 14.1. The van der Waals surface area contributed by atoms with Crippen LogP contribution >= 0.6 is 0 Å². The summed E-state index contributed by atoms with van der Waals surface area (Å²) in [4.78, 5) is 0. The summed E-state index contributed by atoms with van der Waals surface area (Å²) in [6.07, 6.45) is 5.00. The second kappa shape index (κ2) is 6.56. The molecule has 0 aliphatic heterocycles. The Morgan fingerprint density at radius 3 is 1.79 bits per heavy atom. The summed E-state index contributed by atoms with van der Waals surface area (Å²) in [7, 11) is -6.86. The van der Waals surface area contributed by atoms with Crippen LogP contribution in [0.15, 0.2) is 21.5 Å². The van der Waals surface area contributed by atoms with E-state index in [1.165, 1.54) is 6.08 Å². The van der Waals surface area contributed by atoms with Gasteiger partial charge < -0.3 is 0 Å². The normalized spacial score (nSPS) is 18.2. The summed E-state index contributed by atoms with van der Waals surface area (Å²) in [6.45, 7) is 4.53. The summed E-state index contributed by atoms with van der Waals surface area (Å²) < 4.78 is 58.5. The van der Waals surface area contributed by atoms with Crippen molar-refractivity contribution in [1.82, 2.24) is 0 Å². The second-order valence-corrected chi connectivity index (χ2v) is 32.7. The molecule has 111 valence electrons. The van der Waals surface area contributed by atoms with Crippen molar-refractivity contribution in [2.45, 2.75) is 27.2 Å². The summed E-state index contributed by atoms with van der Waals surface area (Å²) >= 11 is -6.22. The van der Waals surface area contributed by atoms with Crippen molar-refractivity contribution in [2.24, 2.45) is 0 Å². The van der Waals surface area contributed by atoms with Gasteiger partial charge in [-0.15, -0.1) is 0 Å². The molecule has 0 atom stereocenters. The predicted octanol–water partition coefficient (Wildman–Crippen LogP) is 3.72. The zero-order valence-corrected chi connectivity index (χ0v) is 16.0. The van der Waals surface area contributed by atoms with Gasteiger partial charge >= 0.3 is 116 Å². The molecule has 1 rings (SSSR count). The molecule has 1 aliphatic rings. The van der Waals surface area contributed by atoms with E-state index >= 15 is 0 Å². The molecule has 0 saturated carbocycles. The van der Waals surface area contributed by atoms with E-state index in [9.17, 15) is 10.5 Å². The van der Waals surface area contributed by atoms with Crippen LogP contribution in [0.3, 0.4) is 0 Å². The number of allylic oxidation sites excluding steroid dienone is 4. The van der Waals surface area contributed by atoms with Gasteiger partial charge in [0.25, 0.3) is 0 Å². The molecular weight excluding hydrogens is 401 g/mol. The van der Waals surface area contributed by atoms with Crippen LogP contribution < -0.4 is 0 Å². The van der Waals surface area contributed by atoms with Gasteiger partial charge in [0.2, 0.25) is 0 Å². The Bertz CT molecular complexity index is 362. The number of halogens is 3. The van der Waals surface area contributed by atoms with Crippen molar-refractivity contribution >= 4 is 10.9 Å². The first-order valence-electron chi connectivity index (χ1n) is 6.38. The molecule has 19 heavy (non-hydrogen) atoms. The standard InChI is InChI=1S/C5H5.3C2H5O.F3Ge.Zr/c1-2-4-5-3-1;3*1-2-3;1-4(2)3;/h1-3H,4H2;3*2H2,1H3;;/q;3*-1;;+3. The van der Waals surface area contributed by atoms with Gasteiger partial charge in [0, 0.05) is 0 Å². The van der Waals surface area contributed by atoms with Gasteiger partial charge in [0.1, 0.15) is 0 Å². The summed E-state index contributed by atoms with van der Waals surface area (Å²) in [5.41, 5.74) is 0. The molecule has 0 radical (unpaired) electrons. The number of hydrogen-bond acceptors (Lipinski definition) is 3. The Kier molecular flexibility index (Phi) is 6.09. The van der Waals surface area contributed by atoms with Crippen molar-refractivity contribution in [3.05, 3.63) is 21.5 Å². The fourth-order valence-corrected chi connectivity index (χ4v) is 30.7. The minimum atomic E-state index is -6.86. The van der Waals surface area contributed by atoms with Gasteiger partial charge in [0.15, 0.2) is 0 Å². The fourth-order valence-electron chi connectivity index (χ4n) is 2.38. The Morgan fingerprint density at radius 2 is 1.53 bits per heavy atom. The molecule has 0 heterocycles. The van der Waals surface area contributed by atoms with Gasteiger partial charge in [-0.05, 0) is 0 Å². The van der Waals surface area contributed by atoms with E-state index in [4.69, 9.17) is 8.44 Å². The van der Waals surface area contributed by atoms with Gasteiger partial charge in [0.05, 0.1) is 0 Å². The Hall–Kier alpha value is 0.576. The third-order valence-electron chi connectivity index (χ3n) is 3.03. The van der Waals surface area contributed by atoms with E-state index in [1.807, 2.05) is 0 Å². The van der Waals surface area contributed by atoms with Crippen molar-refractivity contribution in [2.75, 3.05) is 19.8 Å². The SMILES string of the molecule is CC[O][Zr]([O]CC)([O]CC)([C]1=CC=CC1)[Ge]([F])([F])[F]. The van der Waals surface area contributed by atoms with Crippen molar-refractivity contribution < 1.29 is 36.5 Å². The van der Waals surface area contributed by atoms with E-state index in [0.717, 1.165) is 0 Å². The molecule has 0 aromatic rings. The topological polar surface area (TPSA) is 27.7 Å². The summed E-state index contributed by atoms with van der Waals surface area (Å²) in [5, 5.41) is 0. The van der Waals surface area contributed by atoms with Crippen LogP contribution in [0.1, 0.15) is 27.2 Å². The predicted molar refractivity (Wildman–Crippen MR) is 65.8 cm³/mol. The number of rotatable bonds is 8. The third-order valence-corrected chi connectivity index (χ3v) is 36.6. The molecule has 3 nitrogen and oxygen atoms in total. The first kappa shape index (κ1) is 17.6. The summed E-state index contributed by atoms with van der Waals surface area (Å²) in [5.74, 6) is 0. The zero-order valence-electron chi connectivity index (χ0n) is 11.4. The third kappa shape index (κ3) is 2.82. The Morgan fingerprint density at radius 1 is 1.05 bits per heavy atom. The Labute approximate surface area is 115 Å². The molecule has 0 fully saturated rings. The molecule has 0 aromatic carbocycles. The van der Waals surface area contributed by atoms with Crippen molar-refractivity contribution in [3.63, 3.8) is 0 Å². The molecule has 0 N–H and O–H groups in total. The molecular formula is C11H20F3GeO3Zr. The van der Waals surface area contributed by atoms with E-state index in [-0.39, 0.29) is 29.5 Å². The fraction of sp³-hybridized carbons (Fsp3) is 0.636. The first-order chi connectivity index (χ1) is 8.87. The zero-order chi connectivity index (χ0) is 14.6. The van der Waals surface area contributed by atoms with Crippen molar-refractivity contribution in [1.29, 1.82) is 0 Å². The maximum atomic E-state index is 14.1. The molecule has 0 saturated heterocycles. The average molecular weight is 421 g/mol. The quantitative estimate of drug-likeness (QED) is 0.560. The van der Waals surface area contributed by atoms with Crippen LogP contribution in [-0.4, -0.2) is 30.7 Å². The van der Waals surface area contributed by atoms with Crippen molar-refractivity contribution in [3.8, 4) is 0 Å². The molecule has 0 spiro atoms. The summed E-state index contributed by atoms with van der Waals surface area (Å²) in [6, 6.07) is 0. The van der Waals surface area contributed by atoms with Crippen LogP contribution in [0.4, 0.5) is 10.5 Å². The van der Waals surface area contributed by atoms with E-state index in [1.54, 1.807) is 32.9 Å². The van der Waals surface area contributed by atoms with Gasteiger partial charge in [-0.25, -0.2) is 0 Å². The van der Waals surface area contributed by atoms with Crippen LogP contribution in [0.25, 0.3) is 0 Å². The van der Waals surface area contributed by atoms with Crippen LogP contribution in [0.2, 0.25) is 0 Å². The van der Waals surface area contributed by atoms with E-state index in [2.05, 4.69) is 0 Å². The average Bonchev–Trinajstić information content (AvgIpc) is 2.82.